The Balaban J connectivity index is 2.14. The normalized spacial score (nSPS) is 21.7. The molecule has 16 heavy (non-hydrogen) atoms. The van der Waals surface area contributed by atoms with Gasteiger partial charge < -0.3 is 15.4 Å². The quantitative estimate of drug-likeness (QED) is 0.475. The van der Waals surface area contributed by atoms with E-state index in [0.29, 0.717) is 19.8 Å². The predicted octanol–water partition coefficient (Wildman–Crippen LogP) is -2.36. The standard InChI is InChI=1S/C8H17N3O4S/c1-16(13,14)11-3-2-10-8(12)7-6-15-5-4-9-7/h7,9,11H,2-6H2,1H3,(H,10,12). The highest BCUT2D eigenvalue weighted by molar-refractivity contribution is 7.88. The Morgan fingerprint density at radius 2 is 2.25 bits per heavy atom. The van der Waals surface area contributed by atoms with E-state index in [9.17, 15) is 13.2 Å². The summed E-state index contributed by atoms with van der Waals surface area (Å²) in [6.07, 6.45) is 1.07. The van der Waals surface area contributed by atoms with E-state index in [1.807, 2.05) is 0 Å². The zero-order valence-electron chi connectivity index (χ0n) is 9.15. The number of amides is 1. The number of morpholine rings is 1. The SMILES string of the molecule is CS(=O)(=O)NCCNC(=O)C1COCCN1. The van der Waals surface area contributed by atoms with Crippen LogP contribution in [0.15, 0.2) is 0 Å². The van der Waals surface area contributed by atoms with Crippen LogP contribution in [-0.2, 0) is 19.6 Å². The Morgan fingerprint density at radius 1 is 1.50 bits per heavy atom. The van der Waals surface area contributed by atoms with Crippen molar-refractivity contribution in [3.05, 3.63) is 0 Å². The summed E-state index contributed by atoms with van der Waals surface area (Å²) in [5, 5.41) is 5.62. The van der Waals surface area contributed by atoms with Crippen LogP contribution >= 0.6 is 0 Å². The molecule has 1 fully saturated rings. The molecule has 1 amide bonds. The molecule has 0 aromatic rings. The Labute approximate surface area is 95.0 Å². The molecule has 1 unspecified atom stereocenters. The lowest BCUT2D eigenvalue weighted by Crippen LogP contribution is -2.52. The van der Waals surface area contributed by atoms with Crippen LogP contribution < -0.4 is 15.4 Å². The van der Waals surface area contributed by atoms with Gasteiger partial charge in [-0.15, -0.1) is 0 Å². The van der Waals surface area contributed by atoms with Gasteiger partial charge in [-0.1, -0.05) is 0 Å². The molecule has 8 heteroatoms. The van der Waals surface area contributed by atoms with Gasteiger partial charge >= 0.3 is 0 Å². The van der Waals surface area contributed by atoms with E-state index in [0.717, 1.165) is 6.26 Å². The summed E-state index contributed by atoms with van der Waals surface area (Å²) in [5.74, 6) is -0.171. The maximum Gasteiger partial charge on any atom is 0.239 e. The Morgan fingerprint density at radius 3 is 2.81 bits per heavy atom. The fourth-order valence-corrected chi connectivity index (χ4v) is 1.75. The number of carbonyl (C=O) groups excluding carboxylic acids is 1. The van der Waals surface area contributed by atoms with E-state index in [1.165, 1.54) is 0 Å². The molecule has 0 aliphatic carbocycles. The average Bonchev–Trinajstić information content (AvgIpc) is 2.24. The van der Waals surface area contributed by atoms with Gasteiger partial charge in [-0.2, -0.15) is 0 Å². The monoisotopic (exact) mass is 251 g/mol. The summed E-state index contributed by atoms with van der Waals surface area (Å²) in [4.78, 5) is 11.5. The van der Waals surface area contributed by atoms with Gasteiger partial charge in [0.15, 0.2) is 0 Å². The first-order chi connectivity index (χ1) is 7.49. The summed E-state index contributed by atoms with van der Waals surface area (Å²) in [6, 6.07) is -0.341. The number of carbonyl (C=O) groups is 1. The molecule has 0 spiro atoms. The predicted molar refractivity (Wildman–Crippen MR) is 58.5 cm³/mol. The van der Waals surface area contributed by atoms with E-state index in [-0.39, 0.29) is 25.0 Å². The van der Waals surface area contributed by atoms with Crippen LogP contribution in [0.5, 0.6) is 0 Å². The first-order valence-electron chi connectivity index (χ1n) is 5.02. The molecule has 1 rings (SSSR count). The van der Waals surface area contributed by atoms with Crippen molar-refractivity contribution in [1.82, 2.24) is 15.4 Å². The molecule has 1 aliphatic rings. The Kier molecular flexibility index (Phi) is 5.13. The molecule has 1 atom stereocenters. The molecule has 0 saturated carbocycles. The van der Waals surface area contributed by atoms with Crippen molar-refractivity contribution in [2.75, 3.05) is 39.1 Å². The van der Waals surface area contributed by atoms with Crippen molar-refractivity contribution in [2.45, 2.75) is 6.04 Å². The molecule has 0 radical (unpaired) electrons. The second kappa shape index (κ2) is 6.14. The summed E-state index contributed by atoms with van der Waals surface area (Å²) in [6.45, 7) is 2.08. The zero-order chi connectivity index (χ0) is 12.0. The molecule has 7 nitrogen and oxygen atoms in total. The second-order valence-corrected chi connectivity index (χ2v) is 5.37. The maximum atomic E-state index is 11.5. The van der Waals surface area contributed by atoms with Gasteiger partial charge in [0.25, 0.3) is 0 Å². The molecule has 0 aromatic carbocycles. The highest BCUT2D eigenvalue weighted by atomic mass is 32.2. The lowest BCUT2D eigenvalue weighted by Gasteiger charge is -2.22. The molecule has 94 valence electrons. The van der Waals surface area contributed by atoms with Gasteiger partial charge in [-0.05, 0) is 0 Å². The minimum atomic E-state index is -3.19. The van der Waals surface area contributed by atoms with Crippen molar-refractivity contribution >= 4 is 15.9 Å². The first kappa shape index (κ1) is 13.4. The molecule has 0 bridgehead atoms. The number of sulfonamides is 1. The highest BCUT2D eigenvalue weighted by Crippen LogP contribution is 1.92. The lowest BCUT2D eigenvalue weighted by atomic mass is 10.2. The number of hydrogen-bond donors (Lipinski definition) is 3. The number of hydrogen-bond acceptors (Lipinski definition) is 5. The first-order valence-corrected chi connectivity index (χ1v) is 6.91. The van der Waals surface area contributed by atoms with Crippen LogP contribution in [0.3, 0.4) is 0 Å². The highest BCUT2D eigenvalue weighted by Gasteiger charge is 2.20. The summed E-state index contributed by atoms with van der Waals surface area (Å²) in [7, 11) is -3.19. The fourth-order valence-electron chi connectivity index (χ4n) is 1.28. The average molecular weight is 251 g/mol. The van der Waals surface area contributed by atoms with E-state index in [4.69, 9.17) is 4.74 Å². The van der Waals surface area contributed by atoms with Crippen molar-refractivity contribution in [3.8, 4) is 0 Å². The van der Waals surface area contributed by atoms with Gasteiger partial charge in [0.1, 0.15) is 6.04 Å². The van der Waals surface area contributed by atoms with Gasteiger partial charge in [-0.3, -0.25) is 4.79 Å². The van der Waals surface area contributed by atoms with E-state index >= 15 is 0 Å². The van der Waals surface area contributed by atoms with Crippen LogP contribution in [0.25, 0.3) is 0 Å². The number of rotatable bonds is 5. The smallest absolute Gasteiger partial charge is 0.239 e. The molecule has 1 heterocycles. The molecular formula is C8H17N3O4S. The minimum Gasteiger partial charge on any atom is -0.378 e. The second-order valence-electron chi connectivity index (χ2n) is 3.54. The van der Waals surface area contributed by atoms with Crippen LogP contribution in [0, 0.1) is 0 Å². The van der Waals surface area contributed by atoms with Crippen molar-refractivity contribution in [2.24, 2.45) is 0 Å². The minimum absolute atomic E-state index is 0.171. The van der Waals surface area contributed by atoms with Crippen LogP contribution in [0.1, 0.15) is 0 Å². The van der Waals surface area contributed by atoms with Crippen LogP contribution in [0.4, 0.5) is 0 Å². The molecule has 1 aliphatic heterocycles. The largest absolute Gasteiger partial charge is 0.378 e. The fraction of sp³-hybridized carbons (Fsp3) is 0.875. The molecule has 1 saturated heterocycles. The third-order valence-corrected chi connectivity index (χ3v) is 2.76. The van der Waals surface area contributed by atoms with E-state index in [1.54, 1.807) is 0 Å². The number of ether oxygens (including phenoxy) is 1. The van der Waals surface area contributed by atoms with Crippen molar-refractivity contribution in [3.63, 3.8) is 0 Å². The van der Waals surface area contributed by atoms with E-state index in [2.05, 4.69) is 15.4 Å². The van der Waals surface area contributed by atoms with Crippen LogP contribution in [0.2, 0.25) is 0 Å². The van der Waals surface area contributed by atoms with E-state index < -0.39 is 10.0 Å². The summed E-state index contributed by atoms with van der Waals surface area (Å²) in [5.41, 5.74) is 0. The topological polar surface area (TPSA) is 96.5 Å². The van der Waals surface area contributed by atoms with Gasteiger partial charge in [0, 0.05) is 19.6 Å². The molecule has 3 N–H and O–H groups in total. The third kappa shape index (κ3) is 5.40. The number of nitrogens with one attached hydrogen (secondary N) is 3. The van der Waals surface area contributed by atoms with Crippen molar-refractivity contribution in [1.29, 1.82) is 0 Å². The van der Waals surface area contributed by atoms with Crippen molar-refractivity contribution < 1.29 is 17.9 Å². The van der Waals surface area contributed by atoms with Gasteiger partial charge in [0.05, 0.1) is 19.5 Å². The van der Waals surface area contributed by atoms with Gasteiger partial charge in [0.2, 0.25) is 15.9 Å². The lowest BCUT2D eigenvalue weighted by molar-refractivity contribution is -0.125. The van der Waals surface area contributed by atoms with Gasteiger partial charge in [-0.25, -0.2) is 13.1 Å². The molecule has 0 aromatic heterocycles. The Hall–Kier alpha value is -0.700. The molecular weight excluding hydrogens is 234 g/mol. The third-order valence-electron chi connectivity index (χ3n) is 2.03. The summed E-state index contributed by atoms with van der Waals surface area (Å²) < 4.78 is 28.9. The zero-order valence-corrected chi connectivity index (χ0v) is 9.97. The maximum absolute atomic E-state index is 11.5. The Bertz CT molecular complexity index is 324. The summed E-state index contributed by atoms with van der Waals surface area (Å²) >= 11 is 0. The van der Waals surface area contributed by atoms with Crippen LogP contribution in [-0.4, -0.2) is 59.5 Å².